The molecule has 6 heteroatoms. The number of carbonyl (C=O) groups is 1. The predicted octanol–water partition coefficient (Wildman–Crippen LogP) is 2.57. The second-order valence-electron chi connectivity index (χ2n) is 3.95. The minimum atomic E-state index is -0.402. The Morgan fingerprint density at radius 2 is 2.22 bits per heavy atom. The molecule has 18 heavy (non-hydrogen) atoms. The number of anilines is 1. The molecule has 0 aliphatic rings. The molecule has 2 N–H and O–H groups in total. The van der Waals surface area contributed by atoms with Gasteiger partial charge in [-0.25, -0.2) is 4.98 Å². The Morgan fingerprint density at radius 3 is 2.89 bits per heavy atom. The molecule has 0 aliphatic carbocycles. The smallest absolute Gasteiger partial charge is 0.236 e. The molecule has 0 aliphatic heterocycles. The number of carbonyl (C=O) groups excluding carboxylic acids is 1. The Morgan fingerprint density at radius 1 is 1.50 bits per heavy atom. The van der Waals surface area contributed by atoms with E-state index in [1.165, 1.54) is 0 Å². The van der Waals surface area contributed by atoms with Gasteiger partial charge in [-0.05, 0) is 24.3 Å². The molecule has 2 aromatic rings. The fourth-order valence-electron chi connectivity index (χ4n) is 1.67. The summed E-state index contributed by atoms with van der Waals surface area (Å²) in [5.74, 6) is 0.256. The topological polar surface area (TPSA) is 59.2 Å². The molecular weight excluding hydrogens is 318 g/mol. The number of halogens is 2. The number of hydrogen-bond acceptors (Lipinski definition) is 3. The van der Waals surface area contributed by atoms with Crippen molar-refractivity contribution in [2.24, 2.45) is 5.73 Å². The highest BCUT2D eigenvalue weighted by molar-refractivity contribution is 9.10. The first-order valence-electron chi connectivity index (χ1n) is 5.22. The maximum Gasteiger partial charge on any atom is 0.236 e. The minimum absolute atomic E-state index is 0.118. The first kappa shape index (κ1) is 13.1. The highest BCUT2D eigenvalue weighted by Gasteiger charge is 2.08. The lowest BCUT2D eigenvalue weighted by Crippen LogP contribution is -2.30. The maximum absolute atomic E-state index is 10.9. The lowest BCUT2D eigenvalue weighted by molar-refractivity contribution is -0.116. The molecule has 94 valence electrons. The number of nitrogens with two attached hydrogens (primary N) is 1. The fraction of sp³-hybridized carbons (Fsp3) is 0.167. The summed E-state index contributed by atoms with van der Waals surface area (Å²) < 4.78 is 0.903. The normalized spacial score (nSPS) is 10.6. The molecule has 0 atom stereocenters. The Labute approximate surface area is 118 Å². The summed E-state index contributed by atoms with van der Waals surface area (Å²) in [7, 11) is 1.76. The van der Waals surface area contributed by atoms with Gasteiger partial charge < -0.3 is 10.6 Å². The Balaban J connectivity index is 2.47. The Hall–Kier alpha value is -1.33. The van der Waals surface area contributed by atoms with E-state index in [9.17, 15) is 4.79 Å². The summed E-state index contributed by atoms with van der Waals surface area (Å²) in [6.45, 7) is 0.118. The number of primary amides is 1. The number of amides is 1. The van der Waals surface area contributed by atoms with Gasteiger partial charge in [0.05, 0.1) is 17.1 Å². The van der Waals surface area contributed by atoms with Gasteiger partial charge >= 0.3 is 0 Å². The molecule has 0 unspecified atom stereocenters. The molecule has 1 heterocycles. The molecule has 0 radical (unpaired) electrons. The van der Waals surface area contributed by atoms with E-state index < -0.39 is 5.91 Å². The highest BCUT2D eigenvalue weighted by Crippen LogP contribution is 2.28. The van der Waals surface area contributed by atoms with Crippen LogP contribution in [0.1, 0.15) is 0 Å². The highest BCUT2D eigenvalue weighted by atomic mass is 79.9. The van der Waals surface area contributed by atoms with E-state index in [0.29, 0.717) is 16.4 Å². The third-order valence-corrected chi connectivity index (χ3v) is 3.23. The van der Waals surface area contributed by atoms with Crippen molar-refractivity contribution in [2.45, 2.75) is 0 Å². The van der Waals surface area contributed by atoms with E-state index in [-0.39, 0.29) is 6.54 Å². The van der Waals surface area contributed by atoms with Crippen LogP contribution in [0.4, 0.5) is 5.82 Å². The van der Waals surface area contributed by atoms with Crippen molar-refractivity contribution < 1.29 is 4.79 Å². The summed E-state index contributed by atoms with van der Waals surface area (Å²) in [6, 6.07) is 7.46. The number of nitrogens with zero attached hydrogens (tertiary/aromatic N) is 2. The van der Waals surface area contributed by atoms with Crippen LogP contribution in [0.5, 0.6) is 0 Å². The first-order chi connectivity index (χ1) is 8.47. The van der Waals surface area contributed by atoms with Crippen LogP contribution < -0.4 is 10.6 Å². The van der Waals surface area contributed by atoms with Gasteiger partial charge in [-0.15, -0.1) is 0 Å². The van der Waals surface area contributed by atoms with Crippen LogP contribution in [0.25, 0.3) is 10.9 Å². The van der Waals surface area contributed by atoms with Gasteiger partial charge in [0.25, 0.3) is 0 Å². The average molecular weight is 329 g/mol. The number of likely N-dealkylation sites (N-methyl/N-ethyl adjacent to an activating group) is 1. The molecular formula is C12H11BrClN3O. The SMILES string of the molecule is CN(CC(N)=O)c1ccc2cc(Br)cc(Cl)c2n1. The standard InChI is InChI=1S/C12H11BrClN3O/c1-17(6-10(15)18)11-3-2-7-4-8(13)5-9(14)12(7)16-11/h2-5H,6H2,1H3,(H2,15,18). The number of hydrogen-bond donors (Lipinski definition) is 1. The van der Waals surface area contributed by atoms with Crippen LogP contribution in [-0.4, -0.2) is 24.5 Å². The van der Waals surface area contributed by atoms with E-state index in [2.05, 4.69) is 20.9 Å². The molecule has 4 nitrogen and oxygen atoms in total. The molecule has 1 amide bonds. The van der Waals surface area contributed by atoms with Crippen molar-refractivity contribution in [2.75, 3.05) is 18.5 Å². The molecule has 0 spiro atoms. The van der Waals surface area contributed by atoms with E-state index in [4.69, 9.17) is 17.3 Å². The van der Waals surface area contributed by atoms with Crippen molar-refractivity contribution >= 4 is 50.2 Å². The van der Waals surface area contributed by atoms with Crippen molar-refractivity contribution in [3.8, 4) is 0 Å². The lowest BCUT2D eigenvalue weighted by Gasteiger charge is -2.16. The Bertz CT molecular complexity index is 618. The third-order valence-electron chi connectivity index (χ3n) is 2.48. The summed E-state index contributed by atoms with van der Waals surface area (Å²) in [5.41, 5.74) is 5.85. The van der Waals surface area contributed by atoms with Gasteiger partial charge in [-0.1, -0.05) is 27.5 Å². The average Bonchev–Trinajstić information content (AvgIpc) is 2.27. The zero-order chi connectivity index (χ0) is 13.3. The zero-order valence-corrected chi connectivity index (χ0v) is 12.0. The van der Waals surface area contributed by atoms with Crippen molar-refractivity contribution in [1.82, 2.24) is 4.98 Å². The van der Waals surface area contributed by atoms with Crippen LogP contribution in [0.3, 0.4) is 0 Å². The first-order valence-corrected chi connectivity index (χ1v) is 6.39. The zero-order valence-electron chi connectivity index (χ0n) is 9.65. The lowest BCUT2D eigenvalue weighted by atomic mass is 10.2. The maximum atomic E-state index is 10.9. The molecule has 0 bridgehead atoms. The summed E-state index contributed by atoms with van der Waals surface area (Å²) >= 11 is 9.52. The van der Waals surface area contributed by atoms with Gasteiger partial charge in [-0.2, -0.15) is 0 Å². The molecule has 0 fully saturated rings. The quantitative estimate of drug-likeness (QED) is 0.942. The van der Waals surface area contributed by atoms with Crippen molar-refractivity contribution in [3.05, 3.63) is 33.8 Å². The van der Waals surface area contributed by atoms with E-state index in [1.807, 2.05) is 18.2 Å². The third kappa shape index (κ3) is 2.73. The second kappa shape index (κ2) is 5.12. The fourth-order valence-corrected chi connectivity index (χ4v) is 2.55. The summed E-state index contributed by atoms with van der Waals surface area (Å²) in [5, 5.41) is 1.50. The molecule has 1 aromatic heterocycles. The number of benzene rings is 1. The molecule has 0 saturated carbocycles. The van der Waals surface area contributed by atoms with Crippen LogP contribution in [-0.2, 0) is 4.79 Å². The minimum Gasteiger partial charge on any atom is -0.368 e. The van der Waals surface area contributed by atoms with E-state index >= 15 is 0 Å². The van der Waals surface area contributed by atoms with Crippen molar-refractivity contribution in [3.63, 3.8) is 0 Å². The van der Waals surface area contributed by atoms with Gasteiger partial charge in [0, 0.05) is 16.9 Å². The van der Waals surface area contributed by atoms with Crippen LogP contribution >= 0.6 is 27.5 Å². The van der Waals surface area contributed by atoms with Gasteiger partial charge in [-0.3, -0.25) is 4.79 Å². The number of rotatable bonds is 3. The van der Waals surface area contributed by atoms with Gasteiger partial charge in [0.2, 0.25) is 5.91 Å². The summed E-state index contributed by atoms with van der Waals surface area (Å²) in [4.78, 5) is 17.0. The number of fused-ring (bicyclic) bond motifs is 1. The predicted molar refractivity (Wildman–Crippen MR) is 76.9 cm³/mol. The Kier molecular flexibility index (Phi) is 3.73. The molecule has 2 rings (SSSR count). The molecule has 0 saturated heterocycles. The van der Waals surface area contributed by atoms with Crippen LogP contribution in [0, 0.1) is 0 Å². The van der Waals surface area contributed by atoms with E-state index in [0.717, 1.165) is 9.86 Å². The second-order valence-corrected chi connectivity index (χ2v) is 5.27. The summed E-state index contributed by atoms with van der Waals surface area (Å²) in [6.07, 6.45) is 0. The number of aromatic nitrogens is 1. The molecule has 1 aromatic carbocycles. The van der Waals surface area contributed by atoms with Crippen LogP contribution in [0.15, 0.2) is 28.7 Å². The van der Waals surface area contributed by atoms with Crippen molar-refractivity contribution in [1.29, 1.82) is 0 Å². The van der Waals surface area contributed by atoms with E-state index in [1.54, 1.807) is 18.0 Å². The number of pyridine rings is 1. The van der Waals surface area contributed by atoms with Gasteiger partial charge in [0.1, 0.15) is 5.82 Å². The van der Waals surface area contributed by atoms with Crippen LogP contribution in [0.2, 0.25) is 5.02 Å². The van der Waals surface area contributed by atoms with Gasteiger partial charge in [0.15, 0.2) is 0 Å². The largest absolute Gasteiger partial charge is 0.368 e. The monoisotopic (exact) mass is 327 g/mol.